The zero-order valence-electron chi connectivity index (χ0n) is 9.32. The van der Waals surface area contributed by atoms with Gasteiger partial charge in [-0.2, -0.15) is 0 Å². The van der Waals surface area contributed by atoms with Gasteiger partial charge in [-0.3, -0.25) is 14.8 Å². The topological polar surface area (TPSA) is 89.2 Å². The fourth-order valence-corrected chi connectivity index (χ4v) is 1.49. The van der Waals surface area contributed by atoms with E-state index in [1.54, 1.807) is 0 Å². The minimum Gasteiger partial charge on any atom is -0.396 e. The largest absolute Gasteiger partial charge is 0.396 e. The molecule has 6 nitrogen and oxygen atoms in total. The maximum absolute atomic E-state index is 11.1. The molecule has 0 aliphatic heterocycles. The minimum atomic E-state index is -0.497. The molecule has 6 heteroatoms. The van der Waals surface area contributed by atoms with Crippen LogP contribution in [-0.4, -0.2) is 34.8 Å². The van der Waals surface area contributed by atoms with Crippen molar-refractivity contribution >= 4 is 5.82 Å². The van der Waals surface area contributed by atoms with E-state index < -0.39 is 11.2 Å². The Morgan fingerprint density at radius 3 is 2.62 bits per heavy atom. The second-order valence-electron chi connectivity index (χ2n) is 3.48. The van der Waals surface area contributed by atoms with E-state index in [1.807, 2.05) is 11.8 Å². The fraction of sp³-hybridized carbons (Fsp3) is 0.600. The number of rotatable bonds is 6. The molecule has 1 aromatic rings. The molecule has 0 radical (unpaired) electrons. The summed E-state index contributed by atoms with van der Waals surface area (Å²) in [5.74, 6) is 0.522. The minimum absolute atomic E-state index is 0.156. The smallest absolute Gasteiger partial charge is 0.327 e. The summed E-state index contributed by atoms with van der Waals surface area (Å²) >= 11 is 0. The Labute approximate surface area is 92.9 Å². The molecular weight excluding hydrogens is 210 g/mol. The highest BCUT2D eigenvalue weighted by Crippen LogP contribution is 2.06. The summed E-state index contributed by atoms with van der Waals surface area (Å²) in [6.45, 7) is 3.50. The normalized spacial score (nSPS) is 10.4. The molecule has 0 spiro atoms. The lowest BCUT2D eigenvalue weighted by atomic mass is 10.3. The number of nitrogens with zero attached hydrogens (tertiary/aromatic N) is 1. The number of hydrogen-bond donors (Lipinski definition) is 3. The summed E-state index contributed by atoms with van der Waals surface area (Å²) in [6, 6.07) is 1.36. The van der Waals surface area contributed by atoms with Crippen LogP contribution in [0.25, 0.3) is 0 Å². The lowest BCUT2D eigenvalue weighted by molar-refractivity contribution is 0.285. The highest BCUT2D eigenvalue weighted by atomic mass is 16.3. The molecule has 0 atom stereocenters. The highest BCUT2D eigenvalue weighted by molar-refractivity contribution is 5.35. The van der Waals surface area contributed by atoms with Crippen molar-refractivity contribution in [3.05, 3.63) is 26.9 Å². The molecule has 0 saturated heterocycles. The van der Waals surface area contributed by atoms with Crippen molar-refractivity contribution in [1.82, 2.24) is 9.97 Å². The van der Waals surface area contributed by atoms with Gasteiger partial charge in [-0.05, 0) is 19.8 Å². The first-order valence-corrected chi connectivity index (χ1v) is 5.36. The third-order valence-corrected chi connectivity index (χ3v) is 2.30. The molecule has 0 amide bonds. The van der Waals surface area contributed by atoms with Crippen LogP contribution < -0.4 is 16.1 Å². The fourth-order valence-electron chi connectivity index (χ4n) is 1.49. The molecule has 0 aromatic carbocycles. The first kappa shape index (κ1) is 12.5. The summed E-state index contributed by atoms with van der Waals surface area (Å²) in [5, 5.41) is 8.68. The van der Waals surface area contributed by atoms with Crippen LogP contribution in [0.2, 0.25) is 0 Å². The van der Waals surface area contributed by atoms with Gasteiger partial charge in [0, 0.05) is 25.8 Å². The van der Waals surface area contributed by atoms with Gasteiger partial charge in [-0.25, -0.2) is 4.79 Å². The van der Waals surface area contributed by atoms with Crippen LogP contribution in [0.4, 0.5) is 5.82 Å². The Hall–Kier alpha value is -1.56. The van der Waals surface area contributed by atoms with E-state index in [1.165, 1.54) is 6.07 Å². The van der Waals surface area contributed by atoms with Gasteiger partial charge in [-0.15, -0.1) is 0 Å². The van der Waals surface area contributed by atoms with Crippen molar-refractivity contribution in [2.24, 2.45) is 0 Å². The Kier molecular flexibility index (Phi) is 4.78. The molecule has 16 heavy (non-hydrogen) atoms. The molecule has 0 bridgehead atoms. The summed E-state index contributed by atoms with van der Waals surface area (Å²) in [5.41, 5.74) is -0.900. The predicted octanol–water partition coefficient (Wildman–Crippen LogP) is -0.338. The number of nitrogens with one attached hydrogen (secondary N) is 2. The van der Waals surface area contributed by atoms with Crippen molar-refractivity contribution in [3.63, 3.8) is 0 Å². The molecule has 90 valence electrons. The third-order valence-electron chi connectivity index (χ3n) is 2.30. The summed E-state index contributed by atoms with van der Waals surface area (Å²) < 4.78 is 0. The molecule has 0 aliphatic carbocycles. The van der Waals surface area contributed by atoms with Gasteiger partial charge < -0.3 is 10.0 Å². The van der Waals surface area contributed by atoms with E-state index in [9.17, 15) is 9.59 Å². The average Bonchev–Trinajstić information content (AvgIpc) is 2.23. The van der Waals surface area contributed by atoms with Crippen LogP contribution in [0.1, 0.15) is 19.8 Å². The third kappa shape index (κ3) is 3.54. The number of aromatic amines is 2. The van der Waals surface area contributed by atoms with Crippen LogP contribution in [-0.2, 0) is 0 Å². The molecule has 0 aliphatic rings. The van der Waals surface area contributed by atoms with Crippen molar-refractivity contribution in [1.29, 1.82) is 0 Å². The van der Waals surface area contributed by atoms with Gasteiger partial charge in [0.25, 0.3) is 5.56 Å². The quantitative estimate of drug-likeness (QED) is 0.580. The summed E-state index contributed by atoms with van der Waals surface area (Å²) in [6.07, 6.45) is 1.53. The number of anilines is 1. The lowest BCUT2D eigenvalue weighted by Crippen LogP contribution is -2.31. The molecule has 0 unspecified atom stereocenters. The van der Waals surface area contributed by atoms with Crippen LogP contribution in [0.3, 0.4) is 0 Å². The summed E-state index contributed by atoms with van der Waals surface area (Å²) in [7, 11) is 0. The van der Waals surface area contributed by atoms with Gasteiger partial charge in [-0.1, -0.05) is 0 Å². The van der Waals surface area contributed by atoms with E-state index >= 15 is 0 Å². The van der Waals surface area contributed by atoms with Crippen LogP contribution in [0.5, 0.6) is 0 Å². The second kappa shape index (κ2) is 6.12. The van der Waals surface area contributed by atoms with Crippen molar-refractivity contribution < 1.29 is 5.11 Å². The van der Waals surface area contributed by atoms with Crippen LogP contribution >= 0.6 is 0 Å². The average molecular weight is 227 g/mol. The number of unbranched alkanes of at least 4 members (excludes halogenated alkanes) is 1. The first-order valence-electron chi connectivity index (χ1n) is 5.36. The highest BCUT2D eigenvalue weighted by Gasteiger charge is 2.05. The predicted molar refractivity (Wildman–Crippen MR) is 61.9 cm³/mol. The maximum atomic E-state index is 11.1. The zero-order valence-corrected chi connectivity index (χ0v) is 9.32. The molecular formula is C10H17N3O3. The zero-order chi connectivity index (χ0) is 12.0. The molecule has 0 fully saturated rings. The van der Waals surface area contributed by atoms with Crippen molar-refractivity contribution in [2.75, 3.05) is 24.6 Å². The van der Waals surface area contributed by atoms with Gasteiger partial charge in [0.2, 0.25) is 0 Å². The van der Waals surface area contributed by atoms with E-state index in [2.05, 4.69) is 9.97 Å². The van der Waals surface area contributed by atoms with Gasteiger partial charge in [0.15, 0.2) is 0 Å². The Morgan fingerprint density at radius 1 is 1.31 bits per heavy atom. The van der Waals surface area contributed by atoms with E-state index in [0.29, 0.717) is 25.3 Å². The van der Waals surface area contributed by atoms with Crippen LogP contribution in [0, 0.1) is 0 Å². The number of hydrogen-bond acceptors (Lipinski definition) is 4. The Bertz CT molecular complexity index is 396. The number of aliphatic hydroxyl groups is 1. The Balaban J connectivity index is 2.78. The van der Waals surface area contributed by atoms with Gasteiger partial charge in [0.1, 0.15) is 5.82 Å². The Morgan fingerprint density at radius 2 is 2.06 bits per heavy atom. The molecule has 0 saturated carbocycles. The van der Waals surface area contributed by atoms with Crippen molar-refractivity contribution in [2.45, 2.75) is 19.8 Å². The summed E-state index contributed by atoms with van der Waals surface area (Å²) in [4.78, 5) is 28.8. The number of aromatic nitrogens is 2. The standard InChI is InChI=1S/C10H17N3O3/c1-2-13(5-3-4-6-14)8-7-9(15)12-10(16)11-8/h7,14H,2-6H2,1H3,(H2,11,12,15,16). The van der Waals surface area contributed by atoms with Gasteiger partial charge >= 0.3 is 5.69 Å². The first-order chi connectivity index (χ1) is 7.67. The molecule has 1 rings (SSSR count). The van der Waals surface area contributed by atoms with Crippen molar-refractivity contribution in [3.8, 4) is 0 Å². The number of aliphatic hydroxyl groups excluding tert-OH is 1. The SMILES string of the molecule is CCN(CCCCO)c1cc(=O)[nH]c(=O)[nH]1. The number of H-pyrrole nitrogens is 2. The van der Waals surface area contributed by atoms with E-state index in [0.717, 1.165) is 6.42 Å². The second-order valence-corrected chi connectivity index (χ2v) is 3.48. The lowest BCUT2D eigenvalue weighted by Gasteiger charge is -2.21. The van der Waals surface area contributed by atoms with Gasteiger partial charge in [0.05, 0.1) is 0 Å². The maximum Gasteiger partial charge on any atom is 0.327 e. The molecule has 1 aromatic heterocycles. The van der Waals surface area contributed by atoms with E-state index in [4.69, 9.17) is 5.11 Å². The van der Waals surface area contributed by atoms with Crippen LogP contribution in [0.15, 0.2) is 15.7 Å². The molecule has 3 N–H and O–H groups in total. The molecule has 1 heterocycles. The van der Waals surface area contributed by atoms with E-state index in [-0.39, 0.29) is 6.61 Å². The monoisotopic (exact) mass is 227 g/mol.